The van der Waals surface area contributed by atoms with Gasteiger partial charge in [-0.05, 0) is 49.2 Å². The Balaban J connectivity index is 2.16. The van der Waals surface area contributed by atoms with Crippen molar-refractivity contribution >= 4 is 28.3 Å². The number of nitrogens with zero attached hydrogens (tertiary/aromatic N) is 1. The highest BCUT2D eigenvalue weighted by Crippen LogP contribution is 2.36. The molecule has 3 rings (SSSR count). The van der Waals surface area contributed by atoms with E-state index in [1.165, 1.54) is 18.2 Å². The number of carbonyl (C=O) groups excluding carboxylic acids is 1. The maximum atomic E-state index is 13.8. The monoisotopic (exact) mass is 405 g/mol. The molecule has 1 N–H and O–H groups in total. The van der Waals surface area contributed by atoms with Crippen molar-refractivity contribution in [3.8, 4) is 5.75 Å². The standard InChI is InChI=1S/C22H22ClF2NO2/c1-5-19(27)15-6-7-18(23)17(21(15)28)11-26-10-13(3)16-9-14(22(4,24)25)8-12(2)20(16)26/h6-10,28H,5,11H2,1-4H3. The van der Waals surface area contributed by atoms with E-state index in [0.717, 1.165) is 23.4 Å². The summed E-state index contributed by atoms with van der Waals surface area (Å²) in [5, 5.41) is 11.7. The van der Waals surface area contributed by atoms with E-state index in [1.807, 2.05) is 17.7 Å². The van der Waals surface area contributed by atoms with Crippen LogP contribution in [0, 0.1) is 13.8 Å². The van der Waals surface area contributed by atoms with Gasteiger partial charge < -0.3 is 9.67 Å². The molecular formula is C22H22ClF2NO2. The number of hydrogen-bond acceptors (Lipinski definition) is 2. The van der Waals surface area contributed by atoms with E-state index in [1.54, 1.807) is 19.9 Å². The first-order chi connectivity index (χ1) is 13.0. The second kappa shape index (κ2) is 7.21. The number of fused-ring (bicyclic) bond motifs is 1. The highest BCUT2D eigenvalue weighted by atomic mass is 35.5. The zero-order valence-electron chi connectivity index (χ0n) is 16.2. The SMILES string of the molecule is CCC(=O)c1ccc(Cl)c(Cn2cc(C)c3cc(C(C)(F)F)cc(C)c32)c1O. The molecule has 1 aromatic heterocycles. The lowest BCUT2D eigenvalue weighted by atomic mass is 10.0. The van der Waals surface area contributed by atoms with Crippen LogP contribution >= 0.6 is 11.6 Å². The van der Waals surface area contributed by atoms with Crippen molar-refractivity contribution < 1.29 is 18.7 Å². The lowest BCUT2D eigenvalue weighted by Crippen LogP contribution is -2.08. The number of benzene rings is 2. The highest BCUT2D eigenvalue weighted by molar-refractivity contribution is 6.31. The smallest absolute Gasteiger partial charge is 0.270 e. The van der Waals surface area contributed by atoms with E-state index in [2.05, 4.69) is 0 Å². The fourth-order valence-electron chi connectivity index (χ4n) is 3.56. The fourth-order valence-corrected chi connectivity index (χ4v) is 3.77. The van der Waals surface area contributed by atoms with Crippen LogP contribution in [-0.2, 0) is 12.5 Å². The van der Waals surface area contributed by atoms with E-state index in [-0.39, 0.29) is 35.6 Å². The van der Waals surface area contributed by atoms with Gasteiger partial charge in [-0.2, -0.15) is 0 Å². The van der Waals surface area contributed by atoms with Crippen molar-refractivity contribution in [2.24, 2.45) is 0 Å². The van der Waals surface area contributed by atoms with Crippen LogP contribution < -0.4 is 0 Å². The number of aromatic nitrogens is 1. The zero-order chi connectivity index (χ0) is 20.8. The molecule has 0 saturated heterocycles. The van der Waals surface area contributed by atoms with E-state index in [9.17, 15) is 18.7 Å². The minimum absolute atomic E-state index is 0.0326. The molecule has 28 heavy (non-hydrogen) atoms. The van der Waals surface area contributed by atoms with Gasteiger partial charge in [0.2, 0.25) is 0 Å². The summed E-state index contributed by atoms with van der Waals surface area (Å²) in [4.78, 5) is 12.1. The Kier molecular flexibility index (Phi) is 5.24. The Morgan fingerprint density at radius 2 is 1.89 bits per heavy atom. The average molecular weight is 406 g/mol. The van der Waals surface area contributed by atoms with Gasteiger partial charge in [0.25, 0.3) is 5.92 Å². The normalized spacial score (nSPS) is 12.0. The molecule has 0 aliphatic carbocycles. The van der Waals surface area contributed by atoms with Gasteiger partial charge in [0.15, 0.2) is 5.78 Å². The maximum Gasteiger partial charge on any atom is 0.270 e. The summed E-state index contributed by atoms with van der Waals surface area (Å²) in [6.45, 7) is 6.47. The summed E-state index contributed by atoms with van der Waals surface area (Å²) in [6, 6.07) is 6.11. The minimum atomic E-state index is -2.93. The van der Waals surface area contributed by atoms with Gasteiger partial charge in [0, 0.05) is 41.1 Å². The van der Waals surface area contributed by atoms with Crippen LogP contribution in [0.5, 0.6) is 5.75 Å². The molecule has 0 radical (unpaired) electrons. The summed E-state index contributed by atoms with van der Waals surface area (Å²) in [5.41, 5.74) is 2.99. The summed E-state index contributed by atoms with van der Waals surface area (Å²) in [7, 11) is 0. The lowest BCUT2D eigenvalue weighted by molar-refractivity contribution is 0.0175. The van der Waals surface area contributed by atoms with Gasteiger partial charge in [0.1, 0.15) is 5.75 Å². The molecule has 6 heteroatoms. The van der Waals surface area contributed by atoms with Crippen molar-refractivity contribution in [2.45, 2.75) is 46.6 Å². The van der Waals surface area contributed by atoms with E-state index in [0.29, 0.717) is 16.1 Å². The Hall–Kier alpha value is -2.40. The van der Waals surface area contributed by atoms with Gasteiger partial charge in [-0.15, -0.1) is 0 Å². The fraction of sp³-hybridized carbons (Fsp3) is 0.318. The molecule has 0 aliphatic heterocycles. The quantitative estimate of drug-likeness (QED) is 0.501. The first-order valence-electron chi connectivity index (χ1n) is 9.06. The van der Waals surface area contributed by atoms with E-state index in [4.69, 9.17) is 11.6 Å². The molecule has 0 unspecified atom stereocenters. The number of phenolic OH excluding ortho intramolecular Hbond substituents is 1. The topological polar surface area (TPSA) is 42.2 Å². The van der Waals surface area contributed by atoms with Gasteiger partial charge >= 0.3 is 0 Å². The number of rotatable bonds is 5. The molecule has 0 atom stereocenters. The van der Waals surface area contributed by atoms with Crippen LogP contribution in [0.25, 0.3) is 10.9 Å². The molecule has 0 fully saturated rings. The third-order valence-corrected chi connectivity index (χ3v) is 5.40. The van der Waals surface area contributed by atoms with Crippen LogP contribution in [0.3, 0.4) is 0 Å². The largest absolute Gasteiger partial charge is 0.507 e. The van der Waals surface area contributed by atoms with Crippen molar-refractivity contribution in [3.63, 3.8) is 0 Å². The van der Waals surface area contributed by atoms with Crippen LogP contribution in [-0.4, -0.2) is 15.5 Å². The van der Waals surface area contributed by atoms with Crippen LogP contribution in [0.2, 0.25) is 5.02 Å². The summed E-state index contributed by atoms with van der Waals surface area (Å²) < 4.78 is 29.5. The van der Waals surface area contributed by atoms with Gasteiger partial charge in [-0.3, -0.25) is 4.79 Å². The number of hydrogen-bond donors (Lipinski definition) is 1. The van der Waals surface area contributed by atoms with Crippen molar-refractivity contribution in [1.29, 1.82) is 0 Å². The molecule has 1 heterocycles. The Bertz CT molecular complexity index is 1080. The highest BCUT2D eigenvalue weighted by Gasteiger charge is 2.26. The summed E-state index contributed by atoms with van der Waals surface area (Å²) in [6.07, 6.45) is 2.12. The number of halogens is 3. The first-order valence-corrected chi connectivity index (χ1v) is 9.44. The van der Waals surface area contributed by atoms with Crippen LogP contribution in [0.15, 0.2) is 30.5 Å². The number of carbonyl (C=O) groups is 1. The molecule has 0 aliphatic rings. The predicted molar refractivity (Wildman–Crippen MR) is 108 cm³/mol. The summed E-state index contributed by atoms with van der Waals surface area (Å²) in [5.74, 6) is -3.23. The second-order valence-electron chi connectivity index (χ2n) is 7.22. The molecule has 0 amide bonds. The third-order valence-electron chi connectivity index (χ3n) is 5.04. The average Bonchev–Trinajstić information content (AvgIpc) is 2.93. The van der Waals surface area contributed by atoms with Crippen molar-refractivity contribution in [3.05, 3.63) is 63.3 Å². The van der Waals surface area contributed by atoms with Gasteiger partial charge in [0.05, 0.1) is 17.6 Å². The predicted octanol–water partition coefficient (Wildman–Crippen LogP) is 6.37. The Labute approximate surface area is 167 Å². The molecule has 0 spiro atoms. The summed E-state index contributed by atoms with van der Waals surface area (Å²) >= 11 is 6.30. The number of phenols is 1. The first kappa shape index (κ1) is 20.3. The molecule has 0 saturated carbocycles. The Morgan fingerprint density at radius 3 is 2.50 bits per heavy atom. The number of alkyl halides is 2. The molecule has 148 valence electrons. The van der Waals surface area contributed by atoms with Crippen LogP contribution in [0.1, 0.15) is 52.9 Å². The van der Waals surface area contributed by atoms with Crippen molar-refractivity contribution in [2.75, 3.05) is 0 Å². The molecule has 2 aromatic carbocycles. The third kappa shape index (κ3) is 3.51. The van der Waals surface area contributed by atoms with Crippen molar-refractivity contribution in [1.82, 2.24) is 4.57 Å². The van der Waals surface area contributed by atoms with Crippen LogP contribution in [0.4, 0.5) is 8.78 Å². The number of aryl methyl sites for hydroxylation is 2. The molecule has 3 aromatic rings. The van der Waals surface area contributed by atoms with E-state index < -0.39 is 5.92 Å². The lowest BCUT2D eigenvalue weighted by Gasteiger charge is -2.15. The van der Waals surface area contributed by atoms with E-state index >= 15 is 0 Å². The number of ketones is 1. The second-order valence-corrected chi connectivity index (χ2v) is 7.62. The number of Topliss-reactive ketones (excluding diaryl/α,β-unsaturated/α-hetero) is 1. The zero-order valence-corrected chi connectivity index (χ0v) is 17.0. The Morgan fingerprint density at radius 1 is 1.21 bits per heavy atom. The number of aromatic hydroxyl groups is 1. The molecular weight excluding hydrogens is 384 g/mol. The molecule has 0 bridgehead atoms. The van der Waals surface area contributed by atoms with Gasteiger partial charge in [-0.25, -0.2) is 8.78 Å². The maximum absolute atomic E-state index is 13.8. The van der Waals surface area contributed by atoms with Gasteiger partial charge in [-0.1, -0.05) is 18.5 Å². The molecule has 3 nitrogen and oxygen atoms in total. The minimum Gasteiger partial charge on any atom is -0.507 e.